The normalized spacial score (nSPS) is 14.1. The molecular formula is C30H38N6O4. The number of fused-ring (bicyclic) bond motifs is 1. The monoisotopic (exact) mass is 546 g/mol. The van der Waals surface area contributed by atoms with Crippen LogP contribution in [0.2, 0.25) is 0 Å². The van der Waals surface area contributed by atoms with Gasteiger partial charge in [0.05, 0.1) is 43.9 Å². The van der Waals surface area contributed by atoms with Crippen LogP contribution in [0, 0.1) is 5.41 Å². The molecular weight excluding hydrogens is 508 g/mol. The highest BCUT2D eigenvalue weighted by atomic mass is 16.5. The van der Waals surface area contributed by atoms with Gasteiger partial charge in [0.25, 0.3) is 5.91 Å². The third kappa shape index (κ3) is 7.55. The van der Waals surface area contributed by atoms with Crippen molar-refractivity contribution in [3.05, 3.63) is 65.6 Å². The van der Waals surface area contributed by atoms with E-state index in [9.17, 15) is 4.79 Å². The van der Waals surface area contributed by atoms with Crippen molar-refractivity contribution in [3.8, 4) is 11.5 Å². The number of morpholine rings is 1. The van der Waals surface area contributed by atoms with Gasteiger partial charge in [0.2, 0.25) is 0 Å². The lowest BCUT2D eigenvalue weighted by atomic mass is 10.1. The highest BCUT2D eigenvalue weighted by molar-refractivity contribution is 6.04. The lowest BCUT2D eigenvalue weighted by Gasteiger charge is -2.26. The zero-order valence-corrected chi connectivity index (χ0v) is 23.5. The van der Waals surface area contributed by atoms with Crippen molar-refractivity contribution in [1.29, 1.82) is 5.41 Å². The van der Waals surface area contributed by atoms with Crippen LogP contribution < -0.4 is 20.1 Å². The minimum atomic E-state index is -0.237. The van der Waals surface area contributed by atoms with Crippen molar-refractivity contribution in [2.75, 3.05) is 51.9 Å². The smallest absolute Gasteiger partial charge is 0.255 e. The Bertz CT molecular complexity index is 1340. The molecule has 0 radical (unpaired) electrons. The number of carbonyl (C=O) groups is 1. The second kappa shape index (κ2) is 14.4. The summed E-state index contributed by atoms with van der Waals surface area (Å²) in [6.45, 7) is 9.25. The molecule has 10 heteroatoms. The first-order valence-electron chi connectivity index (χ1n) is 13.7. The van der Waals surface area contributed by atoms with Gasteiger partial charge in [0.1, 0.15) is 12.1 Å². The minimum absolute atomic E-state index is 0.237. The van der Waals surface area contributed by atoms with Gasteiger partial charge in [-0.3, -0.25) is 9.69 Å². The summed E-state index contributed by atoms with van der Waals surface area (Å²) in [6.07, 6.45) is 4.72. The number of amides is 1. The van der Waals surface area contributed by atoms with E-state index in [0.29, 0.717) is 53.9 Å². The van der Waals surface area contributed by atoms with Crippen LogP contribution in [0.5, 0.6) is 11.5 Å². The van der Waals surface area contributed by atoms with Gasteiger partial charge in [0, 0.05) is 43.2 Å². The molecule has 1 aromatic heterocycles. The largest absolute Gasteiger partial charge is 0.493 e. The molecule has 3 N–H and O–H groups in total. The van der Waals surface area contributed by atoms with Crippen LogP contribution in [-0.2, 0) is 11.3 Å². The number of aromatic nitrogens is 2. The number of methoxy groups -OCH3 is 1. The summed E-state index contributed by atoms with van der Waals surface area (Å²) >= 11 is 0. The molecule has 1 saturated heterocycles. The Morgan fingerprint density at radius 3 is 2.62 bits per heavy atom. The number of allylic oxidation sites excluding steroid dienone is 2. The summed E-state index contributed by atoms with van der Waals surface area (Å²) in [4.78, 5) is 23.9. The van der Waals surface area contributed by atoms with Gasteiger partial charge in [-0.15, -0.1) is 0 Å². The standard InChI is InChI=1S/C30H38N6O4/c1-4-24(31)25(5-2)35-30(37)22-9-7-21(8-10-22)19-32-29-23-17-28(27(38-3)18-26(23)33-20-34-29)40-14-6-11-36-12-15-39-16-13-36/h5,7-10,17-18,20,31H,4,6,11-16,19H2,1-3H3,(H,35,37)(H,32,33,34)/b25-5+,31-24?. The Labute approximate surface area is 235 Å². The molecule has 0 atom stereocenters. The summed E-state index contributed by atoms with van der Waals surface area (Å²) in [5.74, 6) is 1.73. The molecule has 1 aliphatic rings. The van der Waals surface area contributed by atoms with E-state index < -0.39 is 0 Å². The first kappa shape index (κ1) is 29.0. The molecule has 2 aromatic carbocycles. The molecule has 1 amide bonds. The van der Waals surface area contributed by atoms with Crippen molar-refractivity contribution < 1.29 is 19.0 Å². The van der Waals surface area contributed by atoms with Gasteiger partial charge in [-0.2, -0.15) is 0 Å². The molecule has 0 saturated carbocycles. The van der Waals surface area contributed by atoms with Gasteiger partial charge in [-0.05, 0) is 43.5 Å². The fraction of sp³-hybridized carbons (Fsp3) is 0.400. The van der Waals surface area contributed by atoms with Crippen molar-refractivity contribution >= 4 is 28.3 Å². The van der Waals surface area contributed by atoms with Crippen molar-refractivity contribution in [3.63, 3.8) is 0 Å². The molecule has 40 heavy (non-hydrogen) atoms. The van der Waals surface area contributed by atoms with Crippen LogP contribution in [0.25, 0.3) is 10.9 Å². The molecule has 0 spiro atoms. The Morgan fingerprint density at radius 2 is 1.93 bits per heavy atom. The van der Waals surface area contributed by atoms with Crippen LogP contribution in [0.15, 0.2) is 54.5 Å². The number of rotatable bonds is 13. The van der Waals surface area contributed by atoms with Crippen LogP contribution in [-0.4, -0.2) is 73.1 Å². The number of nitrogens with zero attached hydrogens (tertiary/aromatic N) is 3. The number of benzene rings is 2. The number of nitrogens with one attached hydrogen (secondary N) is 3. The van der Waals surface area contributed by atoms with Crippen molar-refractivity contribution in [1.82, 2.24) is 20.2 Å². The van der Waals surface area contributed by atoms with E-state index in [-0.39, 0.29) is 5.91 Å². The second-order valence-electron chi connectivity index (χ2n) is 9.44. The average Bonchev–Trinajstić information content (AvgIpc) is 3.00. The Hall–Kier alpha value is -4.02. The molecule has 2 heterocycles. The maximum absolute atomic E-state index is 12.6. The average molecular weight is 547 g/mol. The van der Waals surface area contributed by atoms with E-state index >= 15 is 0 Å². The Morgan fingerprint density at radius 1 is 1.15 bits per heavy atom. The Kier molecular flexibility index (Phi) is 10.4. The molecule has 1 aliphatic heterocycles. The topological polar surface area (TPSA) is 122 Å². The highest BCUT2D eigenvalue weighted by Crippen LogP contribution is 2.34. The number of ether oxygens (including phenoxy) is 3. The van der Waals surface area contributed by atoms with E-state index in [4.69, 9.17) is 19.6 Å². The maximum Gasteiger partial charge on any atom is 0.255 e. The predicted molar refractivity (Wildman–Crippen MR) is 156 cm³/mol. The maximum atomic E-state index is 12.6. The molecule has 3 aromatic rings. The number of anilines is 1. The first-order chi connectivity index (χ1) is 19.5. The highest BCUT2D eigenvalue weighted by Gasteiger charge is 2.14. The van der Waals surface area contributed by atoms with E-state index in [1.807, 2.05) is 38.1 Å². The zero-order valence-electron chi connectivity index (χ0n) is 23.5. The van der Waals surface area contributed by atoms with Gasteiger partial charge in [-0.25, -0.2) is 9.97 Å². The number of carbonyl (C=O) groups excluding carboxylic acids is 1. The third-order valence-corrected chi connectivity index (χ3v) is 6.79. The molecule has 0 aliphatic carbocycles. The molecule has 0 unspecified atom stereocenters. The summed E-state index contributed by atoms with van der Waals surface area (Å²) in [5.41, 5.74) is 3.20. The second-order valence-corrected chi connectivity index (χ2v) is 9.44. The predicted octanol–water partition coefficient (Wildman–Crippen LogP) is 4.41. The molecule has 212 valence electrons. The summed E-state index contributed by atoms with van der Waals surface area (Å²) in [5, 5.41) is 15.0. The fourth-order valence-corrected chi connectivity index (χ4v) is 4.44. The summed E-state index contributed by atoms with van der Waals surface area (Å²) in [7, 11) is 1.62. The lowest BCUT2D eigenvalue weighted by Crippen LogP contribution is -2.37. The van der Waals surface area contributed by atoms with Crippen LogP contribution in [0.1, 0.15) is 42.6 Å². The van der Waals surface area contributed by atoms with E-state index in [1.54, 1.807) is 25.3 Å². The fourth-order valence-electron chi connectivity index (χ4n) is 4.44. The van der Waals surface area contributed by atoms with Crippen LogP contribution in [0.4, 0.5) is 5.82 Å². The third-order valence-electron chi connectivity index (χ3n) is 6.79. The van der Waals surface area contributed by atoms with Gasteiger partial charge >= 0.3 is 0 Å². The summed E-state index contributed by atoms with van der Waals surface area (Å²) < 4.78 is 17.1. The Balaban J connectivity index is 1.39. The minimum Gasteiger partial charge on any atom is -0.493 e. The quantitative estimate of drug-likeness (QED) is 0.213. The molecule has 1 fully saturated rings. The molecule has 10 nitrogen and oxygen atoms in total. The van der Waals surface area contributed by atoms with Crippen LogP contribution in [0.3, 0.4) is 0 Å². The number of hydrogen-bond acceptors (Lipinski definition) is 9. The van der Waals surface area contributed by atoms with E-state index in [0.717, 1.165) is 55.7 Å². The van der Waals surface area contributed by atoms with Gasteiger partial charge in [-0.1, -0.05) is 25.1 Å². The zero-order chi connectivity index (χ0) is 28.3. The lowest BCUT2D eigenvalue weighted by molar-refractivity contribution is 0.0357. The van der Waals surface area contributed by atoms with Crippen LogP contribution >= 0.6 is 0 Å². The van der Waals surface area contributed by atoms with Crippen molar-refractivity contribution in [2.45, 2.75) is 33.2 Å². The SMILES string of the molecule is C/C=C(/NC(=O)c1ccc(CNc2ncnc3cc(OC)c(OCCCN4CCOCC4)cc23)cc1)C(=N)CC. The van der Waals surface area contributed by atoms with Gasteiger partial charge in [0.15, 0.2) is 11.5 Å². The van der Waals surface area contributed by atoms with Gasteiger partial charge < -0.3 is 30.3 Å². The van der Waals surface area contributed by atoms with E-state index in [1.165, 1.54) is 6.33 Å². The van der Waals surface area contributed by atoms with E-state index in [2.05, 4.69) is 25.5 Å². The van der Waals surface area contributed by atoms with Crippen molar-refractivity contribution in [2.24, 2.45) is 0 Å². The number of hydrogen-bond donors (Lipinski definition) is 3. The molecule has 0 bridgehead atoms. The molecule has 4 rings (SSSR count). The first-order valence-corrected chi connectivity index (χ1v) is 13.7. The summed E-state index contributed by atoms with van der Waals surface area (Å²) in [6, 6.07) is 11.1.